The number of esters is 1. The van der Waals surface area contributed by atoms with Gasteiger partial charge in [-0.3, -0.25) is 9.59 Å². The number of benzene rings is 1. The SMILES string of the molecule is CCc1ccc(C(=O)COC(=O)C(CCSC)NC(=O)c2ccccc2)s1. The Morgan fingerprint density at radius 3 is 2.52 bits per heavy atom. The lowest BCUT2D eigenvalue weighted by Gasteiger charge is -2.17. The molecule has 0 saturated heterocycles. The fourth-order valence-corrected chi connectivity index (χ4v) is 3.69. The van der Waals surface area contributed by atoms with E-state index in [9.17, 15) is 14.4 Å². The van der Waals surface area contributed by atoms with Crippen LogP contribution in [-0.2, 0) is 16.0 Å². The van der Waals surface area contributed by atoms with Crippen molar-refractivity contribution in [1.82, 2.24) is 5.32 Å². The third-order valence-electron chi connectivity index (χ3n) is 3.87. The van der Waals surface area contributed by atoms with Gasteiger partial charge in [-0.1, -0.05) is 25.1 Å². The first kappa shape index (κ1) is 21.2. The number of thioether (sulfide) groups is 1. The molecule has 0 aliphatic heterocycles. The fraction of sp³-hybridized carbons (Fsp3) is 0.350. The molecule has 0 radical (unpaired) electrons. The Labute approximate surface area is 167 Å². The second-order valence-corrected chi connectivity index (χ2v) is 7.98. The number of rotatable bonds is 10. The summed E-state index contributed by atoms with van der Waals surface area (Å²) in [7, 11) is 0. The van der Waals surface area contributed by atoms with Crippen molar-refractivity contribution in [2.75, 3.05) is 18.6 Å². The second kappa shape index (κ2) is 10.9. The van der Waals surface area contributed by atoms with Crippen LogP contribution >= 0.6 is 23.1 Å². The molecule has 7 heteroatoms. The Bertz CT molecular complexity index is 773. The van der Waals surface area contributed by atoms with Gasteiger partial charge in [0.15, 0.2) is 6.61 Å². The number of ketones is 1. The van der Waals surface area contributed by atoms with Crippen LogP contribution in [0.15, 0.2) is 42.5 Å². The number of hydrogen-bond donors (Lipinski definition) is 1. The first-order chi connectivity index (χ1) is 13.0. The van der Waals surface area contributed by atoms with E-state index in [1.807, 2.05) is 25.3 Å². The molecular formula is C20H23NO4S2. The third-order valence-corrected chi connectivity index (χ3v) is 5.78. The van der Waals surface area contributed by atoms with Crippen LogP contribution in [0.25, 0.3) is 0 Å². The zero-order chi connectivity index (χ0) is 19.6. The lowest BCUT2D eigenvalue weighted by molar-refractivity contribution is -0.144. The average Bonchev–Trinajstić information content (AvgIpc) is 3.19. The van der Waals surface area contributed by atoms with E-state index in [2.05, 4.69) is 5.32 Å². The quantitative estimate of drug-likeness (QED) is 0.483. The van der Waals surface area contributed by atoms with Gasteiger partial charge in [-0.25, -0.2) is 4.79 Å². The molecule has 1 aromatic heterocycles. The summed E-state index contributed by atoms with van der Waals surface area (Å²) in [6, 6.07) is 11.6. The van der Waals surface area contributed by atoms with Crippen LogP contribution in [0.2, 0.25) is 0 Å². The molecule has 0 fully saturated rings. The molecule has 1 N–H and O–H groups in total. The van der Waals surface area contributed by atoms with Gasteiger partial charge in [0.25, 0.3) is 5.91 Å². The van der Waals surface area contributed by atoms with Crippen LogP contribution in [0.5, 0.6) is 0 Å². The normalized spacial score (nSPS) is 11.6. The van der Waals surface area contributed by atoms with E-state index in [1.165, 1.54) is 11.3 Å². The van der Waals surface area contributed by atoms with Crippen LogP contribution in [0.3, 0.4) is 0 Å². The maximum Gasteiger partial charge on any atom is 0.329 e. The number of hydrogen-bond acceptors (Lipinski definition) is 6. The van der Waals surface area contributed by atoms with E-state index in [1.54, 1.807) is 42.1 Å². The number of thiophene rings is 1. The largest absolute Gasteiger partial charge is 0.456 e. The molecule has 0 saturated carbocycles. The van der Waals surface area contributed by atoms with Gasteiger partial charge < -0.3 is 10.1 Å². The predicted molar refractivity (Wildman–Crippen MR) is 110 cm³/mol. The summed E-state index contributed by atoms with van der Waals surface area (Å²) in [5.41, 5.74) is 0.473. The van der Waals surface area contributed by atoms with E-state index in [0.717, 1.165) is 11.3 Å². The Balaban J connectivity index is 1.95. The van der Waals surface area contributed by atoms with E-state index in [0.29, 0.717) is 22.6 Å². The summed E-state index contributed by atoms with van der Waals surface area (Å²) >= 11 is 2.98. The zero-order valence-electron chi connectivity index (χ0n) is 15.4. The first-order valence-corrected chi connectivity index (χ1v) is 10.9. The maximum atomic E-state index is 12.4. The topological polar surface area (TPSA) is 72.5 Å². The van der Waals surface area contributed by atoms with E-state index < -0.39 is 12.0 Å². The minimum absolute atomic E-state index is 0.231. The van der Waals surface area contributed by atoms with Gasteiger partial charge in [-0.15, -0.1) is 11.3 Å². The van der Waals surface area contributed by atoms with Crippen molar-refractivity contribution in [1.29, 1.82) is 0 Å². The minimum Gasteiger partial charge on any atom is -0.456 e. The number of nitrogens with one attached hydrogen (secondary N) is 1. The molecule has 2 aromatic rings. The van der Waals surface area contributed by atoms with E-state index in [-0.39, 0.29) is 18.3 Å². The van der Waals surface area contributed by atoms with Crippen LogP contribution in [0.1, 0.15) is 38.3 Å². The minimum atomic E-state index is -0.785. The number of ether oxygens (including phenoxy) is 1. The summed E-state index contributed by atoms with van der Waals surface area (Å²) in [5, 5.41) is 2.71. The summed E-state index contributed by atoms with van der Waals surface area (Å²) < 4.78 is 5.19. The molecule has 1 amide bonds. The van der Waals surface area contributed by atoms with E-state index in [4.69, 9.17) is 4.74 Å². The first-order valence-electron chi connectivity index (χ1n) is 8.68. The molecule has 1 aromatic carbocycles. The van der Waals surface area contributed by atoms with Crippen molar-refractivity contribution in [2.45, 2.75) is 25.8 Å². The molecule has 0 spiro atoms. The van der Waals surface area contributed by atoms with Crippen LogP contribution < -0.4 is 5.32 Å². The summed E-state index contributed by atoms with van der Waals surface area (Å²) in [6.45, 7) is 1.70. The number of amides is 1. The molecule has 2 rings (SSSR count). The van der Waals surface area contributed by atoms with Crippen LogP contribution in [0.4, 0.5) is 0 Å². The van der Waals surface area contributed by atoms with Gasteiger partial charge in [-0.2, -0.15) is 11.8 Å². The molecule has 144 valence electrons. The number of Topliss-reactive ketones (excluding diaryl/α,β-unsaturated/α-hetero) is 1. The Morgan fingerprint density at radius 2 is 1.89 bits per heavy atom. The van der Waals surface area contributed by atoms with Gasteiger partial charge >= 0.3 is 5.97 Å². The monoisotopic (exact) mass is 405 g/mol. The summed E-state index contributed by atoms with van der Waals surface area (Å²) in [6.07, 6.45) is 3.22. The Morgan fingerprint density at radius 1 is 1.15 bits per heavy atom. The van der Waals surface area contributed by atoms with Crippen molar-refractivity contribution in [2.24, 2.45) is 0 Å². The standard InChI is InChI=1S/C20H23NO4S2/c1-3-15-9-10-18(27-15)17(22)13-25-20(24)16(11-12-26-2)21-19(23)14-7-5-4-6-8-14/h4-10,16H,3,11-13H2,1-2H3,(H,21,23). The van der Waals surface area contributed by atoms with Crippen molar-refractivity contribution < 1.29 is 19.1 Å². The van der Waals surface area contributed by atoms with Gasteiger partial charge in [0.1, 0.15) is 6.04 Å². The highest BCUT2D eigenvalue weighted by Gasteiger charge is 2.23. The molecule has 0 aliphatic rings. The highest BCUT2D eigenvalue weighted by atomic mass is 32.2. The van der Waals surface area contributed by atoms with E-state index >= 15 is 0 Å². The molecule has 27 heavy (non-hydrogen) atoms. The number of aryl methyl sites for hydroxylation is 1. The van der Waals surface area contributed by atoms with Crippen molar-refractivity contribution in [3.63, 3.8) is 0 Å². The lowest BCUT2D eigenvalue weighted by Crippen LogP contribution is -2.42. The summed E-state index contributed by atoms with van der Waals surface area (Å²) in [5.74, 6) is -0.469. The fourth-order valence-electron chi connectivity index (χ4n) is 2.34. The number of carbonyl (C=O) groups is 3. The highest BCUT2D eigenvalue weighted by Crippen LogP contribution is 2.17. The van der Waals surface area contributed by atoms with Gasteiger partial charge in [0, 0.05) is 10.4 Å². The third kappa shape index (κ3) is 6.52. The maximum absolute atomic E-state index is 12.4. The summed E-state index contributed by atoms with van der Waals surface area (Å²) in [4.78, 5) is 38.6. The van der Waals surface area contributed by atoms with Gasteiger partial charge in [0.2, 0.25) is 5.78 Å². The smallest absolute Gasteiger partial charge is 0.329 e. The van der Waals surface area contributed by atoms with Crippen molar-refractivity contribution >= 4 is 40.8 Å². The van der Waals surface area contributed by atoms with Crippen LogP contribution in [0, 0.1) is 0 Å². The Kier molecular flexibility index (Phi) is 8.54. The molecule has 1 atom stereocenters. The molecule has 0 aliphatic carbocycles. The van der Waals surface area contributed by atoms with Gasteiger partial charge in [0.05, 0.1) is 4.88 Å². The lowest BCUT2D eigenvalue weighted by atomic mass is 10.1. The predicted octanol–water partition coefficient (Wildman–Crippen LogP) is 3.59. The van der Waals surface area contributed by atoms with Gasteiger partial charge in [-0.05, 0) is 49.1 Å². The zero-order valence-corrected chi connectivity index (χ0v) is 17.0. The van der Waals surface area contributed by atoms with Crippen LogP contribution in [-0.4, -0.2) is 42.3 Å². The van der Waals surface area contributed by atoms with Crippen molar-refractivity contribution in [3.05, 3.63) is 57.8 Å². The molecule has 5 nitrogen and oxygen atoms in total. The Hall–Kier alpha value is -2.12. The molecule has 1 heterocycles. The molecular weight excluding hydrogens is 382 g/mol. The molecule has 0 bridgehead atoms. The second-order valence-electron chi connectivity index (χ2n) is 5.82. The van der Waals surface area contributed by atoms with Crippen molar-refractivity contribution in [3.8, 4) is 0 Å². The highest BCUT2D eigenvalue weighted by molar-refractivity contribution is 7.98. The average molecular weight is 406 g/mol. The molecule has 1 unspecified atom stereocenters. The number of carbonyl (C=O) groups excluding carboxylic acids is 3.